The number of nitrogens with one attached hydrogen (secondary N) is 1. The van der Waals surface area contributed by atoms with Gasteiger partial charge in [0.1, 0.15) is 0 Å². The van der Waals surface area contributed by atoms with Crippen molar-refractivity contribution in [3.8, 4) is 0 Å². The minimum Gasteiger partial charge on any atom is -0.369 e. The summed E-state index contributed by atoms with van der Waals surface area (Å²) in [7, 11) is 0. The van der Waals surface area contributed by atoms with Crippen LogP contribution < -0.4 is 5.32 Å². The van der Waals surface area contributed by atoms with Crippen LogP contribution in [0.2, 0.25) is 0 Å². The summed E-state index contributed by atoms with van der Waals surface area (Å²) in [5.74, 6) is 3.72. The van der Waals surface area contributed by atoms with Crippen molar-refractivity contribution in [3.63, 3.8) is 0 Å². The zero-order valence-corrected chi connectivity index (χ0v) is 27.6. The molecular formula is C39H54N2O3. The second-order valence-electron chi connectivity index (χ2n) is 15.9. The summed E-state index contributed by atoms with van der Waals surface area (Å²) in [5.41, 5.74) is 6.18. The molecule has 2 saturated carbocycles. The third-order valence-electron chi connectivity index (χ3n) is 13.4. The first-order valence-electron chi connectivity index (χ1n) is 17.8. The minimum atomic E-state index is -0.0750. The third kappa shape index (κ3) is 5.34. The second-order valence-corrected chi connectivity index (χ2v) is 15.9. The van der Waals surface area contributed by atoms with E-state index in [0.717, 1.165) is 64.0 Å². The molecule has 7 rings (SSSR count). The fourth-order valence-corrected chi connectivity index (χ4v) is 11.1. The molecule has 5 heteroatoms. The highest BCUT2D eigenvalue weighted by atomic mass is 16.5. The zero-order valence-electron chi connectivity index (χ0n) is 27.6. The van der Waals surface area contributed by atoms with Gasteiger partial charge in [0.15, 0.2) is 5.78 Å². The number of rotatable bonds is 6. The first-order chi connectivity index (χ1) is 21.2. The summed E-state index contributed by atoms with van der Waals surface area (Å²) in [4.78, 5) is 27.6. The molecule has 2 heterocycles. The van der Waals surface area contributed by atoms with E-state index < -0.39 is 0 Å². The van der Waals surface area contributed by atoms with E-state index in [1.807, 2.05) is 24.3 Å². The second kappa shape index (κ2) is 11.8. The van der Waals surface area contributed by atoms with Crippen molar-refractivity contribution in [2.45, 2.75) is 116 Å². The Morgan fingerprint density at radius 2 is 1.93 bits per heavy atom. The molecule has 1 amide bonds. The number of fused-ring (bicyclic) bond motifs is 6. The van der Waals surface area contributed by atoms with Gasteiger partial charge in [-0.2, -0.15) is 0 Å². The lowest BCUT2D eigenvalue weighted by molar-refractivity contribution is -0.121. The number of benzene rings is 1. The van der Waals surface area contributed by atoms with Gasteiger partial charge in [-0.3, -0.25) is 14.5 Å². The number of amides is 1. The molecule has 2 saturated heterocycles. The van der Waals surface area contributed by atoms with Crippen molar-refractivity contribution in [2.24, 2.45) is 35.0 Å². The van der Waals surface area contributed by atoms with E-state index in [9.17, 15) is 9.59 Å². The zero-order chi connectivity index (χ0) is 30.6. The smallest absolute Gasteiger partial charge is 0.220 e. The largest absolute Gasteiger partial charge is 0.369 e. The van der Waals surface area contributed by atoms with Crippen molar-refractivity contribution < 1.29 is 14.3 Å². The van der Waals surface area contributed by atoms with Crippen molar-refractivity contribution in [2.75, 3.05) is 19.6 Å². The van der Waals surface area contributed by atoms with E-state index in [4.69, 9.17) is 4.74 Å². The quantitative estimate of drug-likeness (QED) is 0.356. The molecule has 4 fully saturated rings. The van der Waals surface area contributed by atoms with Crippen LogP contribution in [0.15, 0.2) is 53.1 Å². The lowest BCUT2D eigenvalue weighted by Crippen LogP contribution is -2.53. The van der Waals surface area contributed by atoms with Crippen LogP contribution in [0.4, 0.5) is 0 Å². The van der Waals surface area contributed by atoms with Gasteiger partial charge in [0, 0.05) is 44.4 Å². The van der Waals surface area contributed by atoms with E-state index >= 15 is 0 Å². The molecule has 0 aromatic heterocycles. The van der Waals surface area contributed by atoms with E-state index in [1.165, 1.54) is 30.4 Å². The molecule has 1 unspecified atom stereocenters. The molecule has 0 bridgehead atoms. The summed E-state index contributed by atoms with van der Waals surface area (Å²) >= 11 is 0. The lowest BCUT2D eigenvalue weighted by atomic mass is 9.56. The van der Waals surface area contributed by atoms with Crippen LogP contribution in [0.5, 0.6) is 0 Å². The van der Waals surface area contributed by atoms with Crippen molar-refractivity contribution >= 4 is 11.7 Å². The van der Waals surface area contributed by atoms with Crippen LogP contribution in [0, 0.1) is 35.0 Å². The molecule has 1 aromatic rings. The molecule has 238 valence electrons. The fraction of sp³-hybridized carbons (Fsp3) is 0.692. The number of likely N-dealkylation sites (tertiary alicyclic amines) is 1. The number of nitrogens with zero attached hydrogens (tertiary/aromatic N) is 1. The van der Waals surface area contributed by atoms with Gasteiger partial charge in [0.25, 0.3) is 0 Å². The molecule has 4 aliphatic carbocycles. The Morgan fingerprint density at radius 1 is 1.11 bits per heavy atom. The molecule has 0 radical (unpaired) electrons. The number of ketones is 1. The fourth-order valence-electron chi connectivity index (χ4n) is 11.1. The van der Waals surface area contributed by atoms with Crippen LogP contribution in [0.3, 0.4) is 0 Å². The van der Waals surface area contributed by atoms with Crippen molar-refractivity contribution in [3.05, 3.63) is 58.7 Å². The molecule has 9 atom stereocenters. The average molecular weight is 599 g/mol. The van der Waals surface area contributed by atoms with E-state index in [1.54, 1.807) is 11.1 Å². The molecule has 2 aliphatic heterocycles. The molecule has 1 spiro atoms. The molecule has 44 heavy (non-hydrogen) atoms. The van der Waals surface area contributed by atoms with Crippen LogP contribution >= 0.6 is 0 Å². The molecule has 1 aromatic carbocycles. The Kier molecular flexibility index (Phi) is 8.19. The average Bonchev–Trinajstić information content (AvgIpc) is 3.47. The van der Waals surface area contributed by atoms with Gasteiger partial charge in [-0.1, -0.05) is 67.8 Å². The summed E-state index contributed by atoms with van der Waals surface area (Å²) in [6, 6.07) is 10.7. The first kappa shape index (κ1) is 30.4. The molecular weight excluding hydrogens is 544 g/mol. The van der Waals surface area contributed by atoms with E-state index in [-0.39, 0.29) is 23.0 Å². The number of carbonyl (C=O) groups is 2. The van der Waals surface area contributed by atoms with Gasteiger partial charge in [-0.25, -0.2) is 0 Å². The van der Waals surface area contributed by atoms with Gasteiger partial charge in [-0.15, -0.1) is 0 Å². The lowest BCUT2D eigenvalue weighted by Gasteiger charge is -2.48. The van der Waals surface area contributed by atoms with Gasteiger partial charge < -0.3 is 10.1 Å². The van der Waals surface area contributed by atoms with Gasteiger partial charge in [0.05, 0.1) is 11.7 Å². The Hall–Kier alpha value is -2.24. The maximum absolute atomic E-state index is 12.7. The molecule has 1 N–H and O–H groups in total. The van der Waals surface area contributed by atoms with Gasteiger partial charge in [0.2, 0.25) is 5.91 Å². The Balaban J connectivity index is 1.02. The highest BCUT2D eigenvalue weighted by Crippen LogP contribution is 2.64. The van der Waals surface area contributed by atoms with Crippen LogP contribution in [-0.2, 0) is 20.7 Å². The number of aryl methyl sites for hydroxylation is 1. The monoisotopic (exact) mass is 598 g/mol. The maximum Gasteiger partial charge on any atom is 0.220 e. The summed E-state index contributed by atoms with van der Waals surface area (Å²) in [5, 5.41) is 3.22. The topological polar surface area (TPSA) is 58.6 Å². The van der Waals surface area contributed by atoms with Gasteiger partial charge >= 0.3 is 0 Å². The van der Waals surface area contributed by atoms with Crippen molar-refractivity contribution in [1.29, 1.82) is 0 Å². The number of hydrogen-bond acceptors (Lipinski definition) is 4. The number of allylic oxidation sites excluding steroid dienone is 3. The van der Waals surface area contributed by atoms with E-state index in [0.29, 0.717) is 48.5 Å². The molecule has 5 nitrogen and oxygen atoms in total. The standard InChI is InChI=1S/C39H54N2O3/c1-25-20-35-37(41(24-25)19-18-40-36(43)13-10-28-8-6-5-7-9-28)27(3)39(44-35)17-15-31-32-12-11-29-21-30(42)14-16-38(29,4)34(32)22-33(31)26(2)23-39/h5-9,21,25,27,31-32,34-35,37H,10-20,22-24H2,1-4H3,(H,40,43)/t25-,27+,31-,32?,34-,35+,37-,38-,39-/m0/s1. The number of hydrogen-bond donors (Lipinski definition) is 1. The summed E-state index contributed by atoms with van der Waals surface area (Å²) in [6.45, 7) is 12.5. The Labute approximate surface area is 265 Å². The normalized spacial score (nSPS) is 40.1. The third-order valence-corrected chi connectivity index (χ3v) is 13.4. The predicted molar refractivity (Wildman–Crippen MR) is 175 cm³/mol. The van der Waals surface area contributed by atoms with Crippen LogP contribution in [0.1, 0.15) is 97.5 Å². The summed E-state index contributed by atoms with van der Waals surface area (Å²) in [6.07, 6.45) is 13.6. The highest BCUT2D eigenvalue weighted by Gasteiger charge is 2.59. The minimum absolute atomic E-state index is 0.0750. The first-order valence-corrected chi connectivity index (χ1v) is 17.8. The highest BCUT2D eigenvalue weighted by molar-refractivity contribution is 5.91. The Morgan fingerprint density at radius 3 is 2.75 bits per heavy atom. The van der Waals surface area contributed by atoms with E-state index in [2.05, 4.69) is 50.0 Å². The van der Waals surface area contributed by atoms with Crippen LogP contribution in [0.25, 0.3) is 0 Å². The number of ether oxygens (including phenoxy) is 1. The number of piperidine rings is 1. The number of carbonyl (C=O) groups excluding carboxylic acids is 2. The SMILES string of the molecule is CC1=C2C[C@H]3C(CCC4=CC(=O)CC[C@@]43C)[C@@H]2CC[C@@]2(C1)O[C@@H]1C[C@H](C)CN(CCNC(=O)CCc3ccccc3)[C@H]1[C@H]2C. The maximum atomic E-state index is 12.7. The van der Waals surface area contributed by atoms with Gasteiger partial charge in [-0.05, 0) is 105 Å². The van der Waals surface area contributed by atoms with Crippen molar-refractivity contribution in [1.82, 2.24) is 10.2 Å². The van der Waals surface area contributed by atoms with Crippen LogP contribution in [-0.4, -0.2) is 54.0 Å². The Bertz CT molecular complexity index is 1330. The molecule has 6 aliphatic rings. The predicted octanol–water partition coefficient (Wildman–Crippen LogP) is 7.06. The summed E-state index contributed by atoms with van der Waals surface area (Å²) < 4.78 is 7.28.